The standard InChI is InChI=1S/C19H23N3O3/c23-18(21-15-6-2-1-3-7-15)10-11-20-19(24)17-9-8-16(25-17)14-22-12-4-5-13-22/h1-3,6-9H,4-5,10-14H2,(H,20,24)(H,21,23). The zero-order valence-electron chi connectivity index (χ0n) is 14.2. The Hall–Kier alpha value is -2.60. The first-order valence-electron chi connectivity index (χ1n) is 8.65. The number of benzene rings is 1. The normalized spacial score (nSPS) is 14.4. The second-order valence-corrected chi connectivity index (χ2v) is 6.17. The second-order valence-electron chi connectivity index (χ2n) is 6.17. The van der Waals surface area contributed by atoms with E-state index in [9.17, 15) is 9.59 Å². The van der Waals surface area contributed by atoms with Gasteiger partial charge in [0.05, 0.1) is 6.54 Å². The van der Waals surface area contributed by atoms with E-state index in [4.69, 9.17) is 4.42 Å². The molecule has 0 unspecified atom stereocenters. The summed E-state index contributed by atoms with van der Waals surface area (Å²) in [7, 11) is 0. The van der Waals surface area contributed by atoms with Crippen molar-refractivity contribution in [3.63, 3.8) is 0 Å². The highest BCUT2D eigenvalue weighted by Gasteiger charge is 2.16. The summed E-state index contributed by atoms with van der Waals surface area (Å²) in [5.74, 6) is 0.660. The summed E-state index contributed by atoms with van der Waals surface area (Å²) < 4.78 is 5.61. The van der Waals surface area contributed by atoms with Crippen molar-refractivity contribution < 1.29 is 14.0 Å². The van der Waals surface area contributed by atoms with Gasteiger partial charge in [-0.1, -0.05) is 18.2 Å². The molecule has 1 aromatic heterocycles. The van der Waals surface area contributed by atoms with E-state index in [0.29, 0.717) is 0 Å². The molecule has 0 spiro atoms. The molecule has 0 atom stereocenters. The number of nitrogens with zero attached hydrogens (tertiary/aromatic N) is 1. The minimum atomic E-state index is -0.291. The van der Waals surface area contributed by atoms with E-state index in [-0.39, 0.29) is 30.5 Å². The third kappa shape index (κ3) is 5.19. The number of para-hydroxylation sites is 1. The van der Waals surface area contributed by atoms with Crippen LogP contribution < -0.4 is 10.6 Å². The molecule has 2 heterocycles. The number of carbonyl (C=O) groups is 2. The molecule has 6 nitrogen and oxygen atoms in total. The van der Waals surface area contributed by atoms with Crippen molar-refractivity contribution >= 4 is 17.5 Å². The van der Waals surface area contributed by atoms with Crippen molar-refractivity contribution in [3.8, 4) is 0 Å². The van der Waals surface area contributed by atoms with E-state index >= 15 is 0 Å². The molecule has 2 amide bonds. The highest BCUT2D eigenvalue weighted by Crippen LogP contribution is 2.15. The number of nitrogens with one attached hydrogen (secondary N) is 2. The zero-order chi connectivity index (χ0) is 17.5. The predicted octanol–water partition coefficient (Wildman–Crippen LogP) is 2.63. The van der Waals surface area contributed by atoms with E-state index < -0.39 is 0 Å². The first kappa shape index (κ1) is 17.2. The van der Waals surface area contributed by atoms with Gasteiger partial charge in [-0.05, 0) is 50.2 Å². The molecule has 0 saturated carbocycles. The van der Waals surface area contributed by atoms with Crippen LogP contribution in [-0.4, -0.2) is 36.3 Å². The van der Waals surface area contributed by atoms with Gasteiger partial charge in [0.2, 0.25) is 5.91 Å². The number of anilines is 1. The van der Waals surface area contributed by atoms with Crippen molar-refractivity contribution in [1.82, 2.24) is 10.2 Å². The van der Waals surface area contributed by atoms with Crippen LogP contribution >= 0.6 is 0 Å². The smallest absolute Gasteiger partial charge is 0.287 e. The van der Waals surface area contributed by atoms with E-state index in [1.54, 1.807) is 6.07 Å². The summed E-state index contributed by atoms with van der Waals surface area (Å²) in [6, 6.07) is 12.8. The van der Waals surface area contributed by atoms with E-state index in [1.807, 2.05) is 36.4 Å². The summed E-state index contributed by atoms with van der Waals surface area (Å²) in [5.41, 5.74) is 0.747. The summed E-state index contributed by atoms with van der Waals surface area (Å²) in [5, 5.41) is 5.50. The maximum atomic E-state index is 12.1. The maximum absolute atomic E-state index is 12.1. The molecule has 0 bridgehead atoms. The summed E-state index contributed by atoms with van der Waals surface area (Å²) in [4.78, 5) is 26.2. The second kappa shape index (κ2) is 8.48. The van der Waals surface area contributed by atoms with Crippen LogP contribution in [0.4, 0.5) is 5.69 Å². The Bertz CT molecular complexity index is 706. The molecule has 1 aromatic carbocycles. The minimum Gasteiger partial charge on any atom is -0.455 e. The first-order chi connectivity index (χ1) is 12.2. The van der Waals surface area contributed by atoms with Crippen molar-refractivity contribution in [3.05, 3.63) is 54.0 Å². The number of carbonyl (C=O) groups excluding carboxylic acids is 2. The van der Waals surface area contributed by atoms with Gasteiger partial charge < -0.3 is 15.1 Å². The summed E-state index contributed by atoms with van der Waals surface area (Å²) >= 11 is 0. The Morgan fingerprint density at radius 3 is 2.56 bits per heavy atom. The van der Waals surface area contributed by atoms with Crippen LogP contribution in [0.15, 0.2) is 46.9 Å². The number of amides is 2. The van der Waals surface area contributed by atoms with Gasteiger partial charge >= 0.3 is 0 Å². The van der Waals surface area contributed by atoms with Crippen molar-refractivity contribution in [2.75, 3.05) is 25.0 Å². The number of likely N-dealkylation sites (tertiary alicyclic amines) is 1. The van der Waals surface area contributed by atoms with Gasteiger partial charge in [-0.15, -0.1) is 0 Å². The Balaban J connectivity index is 1.40. The monoisotopic (exact) mass is 341 g/mol. The SMILES string of the molecule is O=C(CCNC(=O)c1ccc(CN2CCCC2)o1)Nc1ccccc1. The van der Waals surface area contributed by atoms with Crippen LogP contribution in [0.3, 0.4) is 0 Å². The quantitative estimate of drug-likeness (QED) is 0.812. The van der Waals surface area contributed by atoms with Crippen LogP contribution in [0.2, 0.25) is 0 Å². The molecule has 1 aliphatic heterocycles. The zero-order valence-corrected chi connectivity index (χ0v) is 14.2. The molecule has 2 aromatic rings. The van der Waals surface area contributed by atoms with Crippen LogP contribution in [0, 0.1) is 0 Å². The number of hydrogen-bond donors (Lipinski definition) is 2. The topological polar surface area (TPSA) is 74.6 Å². The van der Waals surface area contributed by atoms with Gasteiger partial charge in [-0.2, -0.15) is 0 Å². The highest BCUT2D eigenvalue weighted by atomic mass is 16.4. The maximum Gasteiger partial charge on any atom is 0.287 e. The van der Waals surface area contributed by atoms with Gasteiger partial charge in [0.25, 0.3) is 5.91 Å². The third-order valence-electron chi connectivity index (χ3n) is 4.16. The fraction of sp³-hybridized carbons (Fsp3) is 0.368. The van der Waals surface area contributed by atoms with Crippen LogP contribution in [0.1, 0.15) is 35.6 Å². The van der Waals surface area contributed by atoms with Crippen LogP contribution in [-0.2, 0) is 11.3 Å². The minimum absolute atomic E-state index is 0.138. The van der Waals surface area contributed by atoms with Crippen LogP contribution in [0.5, 0.6) is 0 Å². The summed E-state index contributed by atoms with van der Waals surface area (Å²) in [6.45, 7) is 3.17. The van der Waals surface area contributed by atoms with Gasteiger partial charge in [0, 0.05) is 18.7 Å². The fourth-order valence-electron chi connectivity index (χ4n) is 2.87. The van der Waals surface area contributed by atoms with Crippen molar-refractivity contribution in [2.24, 2.45) is 0 Å². The lowest BCUT2D eigenvalue weighted by atomic mass is 10.3. The average molecular weight is 341 g/mol. The van der Waals surface area contributed by atoms with E-state index in [0.717, 1.165) is 31.1 Å². The van der Waals surface area contributed by atoms with E-state index in [1.165, 1.54) is 12.8 Å². The first-order valence-corrected chi connectivity index (χ1v) is 8.65. The van der Waals surface area contributed by atoms with Crippen molar-refractivity contribution in [2.45, 2.75) is 25.8 Å². The van der Waals surface area contributed by atoms with Gasteiger partial charge in [-0.25, -0.2) is 0 Å². The molecule has 0 radical (unpaired) electrons. The lowest BCUT2D eigenvalue weighted by Crippen LogP contribution is -2.27. The van der Waals surface area contributed by atoms with Gasteiger partial charge in [0.1, 0.15) is 5.76 Å². The number of furan rings is 1. The Morgan fingerprint density at radius 1 is 1.04 bits per heavy atom. The van der Waals surface area contributed by atoms with E-state index in [2.05, 4.69) is 15.5 Å². The molecule has 0 aliphatic carbocycles. The molecule has 25 heavy (non-hydrogen) atoms. The van der Waals surface area contributed by atoms with Crippen LogP contribution in [0.25, 0.3) is 0 Å². The Labute approximate surface area is 147 Å². The molecule has 3 rings (SSSR count). The Kier molecular flexibility index (Phi) is 5.85. The third-order valence-corrected chi connectivity index (χ3v) is 4.16. The molecular formula is C19H23N3O3. The number of hydrogen-bond acceptors (Lipinski definition) is 4. The van der Waals surface area contributed by atoms with Crippen molar-refractivity contribution in [1.29, 1.82) is 0 Å². The summed E-state index contributed by atoms with van der Waals surface area (Å²) in [6.07, 6.45) is 2.65. The molecule has 6 heteroatoms. The molecule has 1 aliphatic rings. The number of rotatable bonds is 7. The molecule has 1 fully saturated rings. The van der Waals surface area contributed by atoms with Gasteiger partial charge in [0.15, 0.2) is 5.76 Å². The highest BCUT2D eigenvalue weighted by molar-refractivity contribution is 5.93. The molecule has 1 saturated heterocycles. The molecular weight excluding hydrogens is 318 g/mol. The molecule has 2 N–H and O–H groups in total. The largest absolute Gasteiger partial charge is 0.455 e. The van der Waals surface area contributed by atoms with Gasteiger partial charge in [-0.3, -0.25) is 14.5 Å². The average Bonchev–Trinajstić information content (AvgIpc) is 3.28. The predicted molar refractivity (Wildman–Crippen MR) is 95.2 cm³/mol. The lowest BCUT2D eigenvalue weighted by Gasteiger charge is -2.11. The lowest BCUT2D eigenvalue weighted by molar-refractivity contribution is -0.116. The Morgan fingerprint density at radius 2 is 1.80 bits per heavy atom. The fourth-order valence-corrected chi connectivity index (χ4v) is 2.87. The molecule has 132 valence electrons.